The summed E-state index contributed by atoms with van der Waals surface area (Å²) in [5, 5.41) is 0. The van der Waals surface area contributed by atoms with E-state index in [4.69, 9.17) is 22.7 Å². The molecular formula is C14H20N2O2S. The molecule has 1 rings (SSSR count). The Hall–Kier alpha value is -1.62. The monoisotopic (exact) mass is 280 g/mol. The Labute approximate surface area is 119 Å². The average Bonchev–Trinajstić information content (AvgIpc) is 2.37. The predicted molar refractivity (Wildman–Crippen MR) is 81.6 cm³/mol. The van der Waals surface area contributed by atoms with Crippen molar-refractivity contribution in [3.05, 3.63) is 29.3 Å². The minimum atomic E-state index is -0.274. The number of carbonyl (C=O) groups excluding carboxylic acids is 1. The molecule has 0 aliphatic carbocycles. The van der Waals surface area contributed by atoms with Crippen LogP contribution in [0.15, 0.2) is 18.2 Å². The van der Waals surface area contributed by atoms with E-state index in [2.05, 4.69) is 6.92 Å². The number of anilines is 1. The second-order valence-corrected chi connectivity index (χ2v) is 4.82. The van der Waals surface area contributed by atoms with Gasteiger partial charge in [0.05, 0.1) is 7.11 Å². The van der Waals surface area contributed by atoms with Gasteiger partial charge in [-0.25, -0.2) is 0 Å². The van der Waals surface area contributed by atoms with Gasteiger partial charge in [-0.05, 0) is 31.0 Å². The van der Waals surface area contributed by atoms with Crippen LogP contribution in [-0.2, 0) is 9.53 Å². The van der Waals surface area contributed by atoms with Gasteiger partial charge in [0, 0.05) is 17.8 Å². The lowest BCUT2D eigenvalue weighted by atomic mass is 10.1. The van der Waals surface area contributed by atoms with Crippen molar-refractivity contribution in [3.63, 3.8) is 0 Å². The van der Waals surface area contributed by atoms with Gasteiger partial charge in [-0.15, -0.1) is 0 Å². The van der Waals surface area contributed by atoms with Crippen LogP contribution >= 0.6 is 12.2 Å². The van der Waals surface area contributed by atoms with Crippen molar-refractivity contribution < 1.29 is 9.53 Å². The molecule has 4 nitrogen and oxygen atoms in total. The number of hydrogen-bond donors (Lipinski definition) is 1. The Morgan fingerprint density at radius 1 is 1.47 bits per heavy atom. The molecule has 0 radical (unpaired) electrons. The number of aryl methyl sites for hydroxylation is 1. The van der Waals surface area contributed by atoms with Crippen molar-refractivity contribution in [2.45, 2.75) is 20.3 Å². The van der Waals surface area contributed by atoms with Crippen LogP contribution in [0.5, 0.6) is 0 Å². The molecule has 0 saturated carbocycles. The number of thiocarbonyl (C=S) groups is 1. The van der Waals surface area contributed by atoms with Crippen LogP contribution in [0.3, 0.4) is 0 Å². The fourth-order valence-electron chi connectivity index (χ4n) is 1.89. The van der Waals surface area contributed by atoms with E-state index in [1.807, 2.05) is 30.0 Å². The Bertz CT molecular complexity index is 475. The van der Waals surface area contributed by atoms with E-state index in [0.29, 0.717) is 4.99 Å². The molecule has 0 bridgehead atoms. The highest BCUT2D eigenvalue weighted by molar-refractivity contribution is 7.80. The highest BCUT2D eigenvalue weighted by atomic mass is 32.1. The lowest BCUT2D eigenvalue weighted by Gasteiger charge is -2.25. The van der Waals surface area contributed by atoms with E-state index >= 15 is 0 Å². The second-order valence-electron chi connectivity index (χ2n) is 4.38. The van der Waals surface area contributed by atoms with E-state index in [1.165, 1.54) is 7.11 Å². The Morgan fingerprint density at radius 3 is 2.68 bits per heavy atom. The minimum Gasteiger partial charge on any atom is -0.468 e. The molecule has 0 atom stereocenters. The van der Waals surface area contributed by atoms with E-state index in [1.54, 1.807) is 0 Å². The first-order chi connectivity index (χ1) is 8.99. The van der Waals surface area contributed by atoms with Gasteiger partial charge in [-0.3, -0.25) is 4.79 Å². The van der Waals surface area contributed by atoms with Crippen LogP contribution in [0.4, 0.5) is 5.69 Å². The third kappa shape index (κ3) is 4.21. The molecule has 19 heavy (non-hydrogen) atoms. The van der Waals surface area contributed by atoms with Gasteiger partial charge in [0.2, 0.25) is 0 Å². The fraction of sp³-hybridized carbons (Fsp3) is 0.429. The molecule has 0 saturated heterocycles. The molecule has 0 spiro atoms. The summed E-state index contributed by atoms with van der Waals surface area (Å²) in [6, 6.07) is 5.85. The third-order valence-electron chi connectivity index (χ3n) is 2.80. The zero-order valence-corrected chi connectivity index (χ0v) is 12.4. The SMILES string of the molecule is CCCN(CC(=O)OC)c1cc(C)ccc1C(N)=S. The van der Waals surface area contributed by atoms with Gasteiger partial charge in [-0.2, -0.15) is 0 Å². The first-order valence-corrected chi connectivity index (χ1v) is 6.62. The summed E-state index contributed by atoms with van der Waals surface area (Å²) in [5.74, 6) is -0.274. The molecule has 5 heteroatoms. The maximum absolute atomic E-state index is 11.5. The normalized spacial score (nSPS) is 10.1. The van der Waals surface area contributed by atoms with Crippen LogP contribution in [0, 0.1) is 6.92 Å². The average molecular weight is 280 g/mol. The van der Waals surface area contributed by atoms with Gasteiger partial charge in [0.25, 0.3) is 0 Å². The lowest BCUT2D eigenvalue weighted by molar-refractivity contribution is -0.138. The highest BCUT2D eigenvalue weighted by Crippen LogP contribution is 2.22. The van der Waals surface area contributed by atoms with Crippen LogP contribution in [0.2, 0.25) is 0 Å². The van der Waals surface area contributed by atoms with Gasteiger partial charge in [0.1, 0.15) is 11.5 Å². The van der Waals surface area contributed by atoms with Crippen molar-refractivity contribution in [2.24, 2.45) is 5.73 Å². The minimum absolute atomic E-state index is 0.198. The first kappa shape index (κ1) is 15.4. The molecule has 0 aliphatic heterocycles. The standard InChI is InChI=1S/C14H20N2O2S/c1-4-7-16(9-13(17)18-3)12-8-10(2)5-6-11(12)14(15)19/h5-6,8H,4,7,9H2,1-3H3,(H2,15,19). The van der Waals surface area contributed by atoms with Crippen LogP contribution in [0.1, 0.15) is 24.5 Å². The molecule has 2 N–H and O–H groups in total. The van der Waals surface area contributed by atoms with Gasteiger partial charge in [-0.1, -0.05) is 25.2 Å². The summed E-state index contributed by atoms with van der Waals surface area (Å²) in [5.41, 5.74) is 8.53. The molecule has 0 amide bonds. The molecular weight excluding hydrogens is 260 g/mol. The van der Waals surface area contributed by atoms with Crippen molar-refractivity contribution >= 4 is 28.9 Å². The number of ether oxygens (including phenoxy) is 1. The number of esters is 1. The summed E-state index contributed by atoms with van der Waals surface area (Å²) in [6.07, 6.45) is 0.918. The van der Waals surface area contributed by atoms with Crippen LogP contribution in [0.25, 0.3) is 0 Å². The Kier molecular flexibility index (Phi) is 5.76. The number of carbonyl (C=O) groups is 1. The van der Waals surface area contributed by atoms with Crippen molar-refractivity contribution in [1.29, 1.82) is 0 Å². The number of nitrogens with two attached hydrogens (primary N) is 1. The predicted octanol–water partition coefficient (Wildman–Crippen LogP) is 2.02. The summed E-state index contributed by atoms with van der Waals surface area (Å²) in [4.78, 5) is 13.8. The van der Waals surface area contributed by atoms with E-state index in [9.17, 15) is 4.79 Å². The number of methoxy groups -OCH3 is 1. The smallest absolute Gasteiger partial charge is 0.325 e. The largest absolute Gasteiger partial charge is 0.468 e. The van der Waals surface area contributed by atoms with Crippen LogP contribution < -0.4 is 10.6 Å². The topological polar surface area (TPSA) is 55.6 Å². The number of rotatable bonds is 6. The zero-order valence-electron chi connectivity index (χ0n) is 11.6. The van der Waals surface area contributed by atoms with Crippen LogP contribution in [-0.4, -0.2) is 31.2 Å². The molecule has 0 aliphatic rings. The molecule has 104 valence electrons. The van der Waals surface area contributed by atoms with E-state index < -0.39 is 0 Å². The van der Waals surface area contributed by atoms with E-state index in [-0.39, 0.29) is 12.5 Å². The quantitative estimate of drug-likeness (QED) is 0.638. The summed E-state index contributed by atoms with van der Waals surface area (Å²) in [6.45, 7) is 4.99. The highest BCUT2D eigenvalue weighted by Gasteiger charge is 2.16. The lowest BCUT2D eigenvalue weighted by Crippen LogP contribution is -2.33. The molecule has 0 unspecified atom stereocenters. The van der Waals surface area contributed by atoms with Crippen molar-refractivity contribution in [3.8, 4) is 0 Å². The fourth-order valence-corrected chi connectivity index (χ4v) is 2.06. The summed E-state index contributed by atoms with van der Waals surface area (Å²) >= 11 is 5.07. The van der Waals surface area contributed by atoms with Crippen molar-refractivity contribution in [1.82, 2.24) is 0 Å². The number of nitrogens with zero attached hydrogens (tertiary/aromatic N) is 1. The second kappa shape index (κ2) is 7.09. The third-order valence-corrected chi connectivity index (χ3v) is 3.02. The molecule has 0 heterocycles. The molecule has 1 aromatic rings. The number of hydrogen-bond acceptors (Lipinski definition) is 4. The number of benzene rings is 1. The molecule has 1 aromatic carbocycles. The van der Waals surface area contributed by atoms with Gasteiger partial charge >= 0.3 is 5.97 Å². The Balaban J connectivity index is 3.16. The molecule has 0 fully saturated rings. The maximum atomic E-state index is 11.5. The van der Waals surface area contributed by atoms with Gasteiger partial charge < -0.3 is 15.4 Å². The van der Waals surface area contributed by atoms with Crippen molar-refractivity contribution in [2.75, 3.05) is 25.1 Å². The Morgan fingerprint density at radius 2 is 2.16 bits per heavy atom. The zero-order chi connectivity index (χ0) is 14.4. The summed E-state index contributed by atoms with van der Waals surface area (Å²) in [7, 11) is 1.39. The maximum Gasteiger partial charge on any atom is 0.325 e. The first-order valence-electron chi connectivity index (χ1n) is 6.21. The summed E-state index contributed by atoms with van der Waals surface area (Å²) < 4.78 is 4.73. The van der Waals surface area contributed by atoms with Gasteiger partial charge in [0.15, 0.2) is 0 Å². The van der Waals surface area contributed by atoms with E-state index in [0.717, 1.165) is 29.8 Å². The molecule has 0 aromatic heterocycles.